The summed E-state index contributed by atoms with van der Waals surface area (Å²) < 4.78 is 0. The molecule has 0 N–H and O–H groups in total. The Hall–Kier alpha value is 0.217. The molecule has 124 valence electrons. The minimum atomic E-state index is 0. The largest absolute Gasteiger partial charge is 0.0776 e. The Morgan fingerprint density at radius 1 is 0.450 bits per heavy atom. The summed E-state index contributed by atoms with van der Waals surface area (Å²) in [5.74, 6) is 0. The zero-order valence-corrected chi connectivity index (χ0v) is 16.0. The van der Waals surface area contributed by atoms with E-state index in [2.05, 4.69) is 6.92 Å². The number of hydrogen-bond acceptors (Lipinski definition) is 0. The third-order valence-electron chi connectivity index (χ3n) is 4.21. The highest BCUT2D eigenvalue weighted by Crippen LogP contribution is 2.13. The van der Waals surface area contributed by atoms with Crippen LogP contribution in [0.1, 0.15) is 117 Å². The molecule has 20 heavy (non-hydrogen) atoms. The Morgan fingerprint density at radius 2 is 0.700 bits per heavy atom. The van der Waals surface area contributed by atoms with E-state index in [9.17, 15) is 0 Å². The van der Waals surface area contributed by atoms with Gasteiger partial charge in [0, 0.05) is 10.2 Å². The van der Waals surface area contributed by atoms with Crippen molar-refractivity contribution < 1.29 is 0 Å². The summed E-state index contributed by atoms with van der Waals surface area (Å²) in [6.07, 6.45) is 23.7. The van der Waals surface area contributed by atoms with Gasteiger partial charge in [0.25, 0.3) is 0 Å². The standard InChI is InChI=1S/C18H40Si.CH4/c1-2-3-4-5-6-7-8-9-10-11-12-13-14-15-16-17-18-19;/h2-18H2,1,19H3;1H4. The Morgan fingerprint density at radius 3 is 0.950 bits per heavy atom. The van der Waals surface area contributed by atoms with Crippen LogP contribution in [0.5, 0.6) is 0 Å². The van der Waals surface area contributed by atoms with Crippen molar-refractivity contribution in [2.75, 3.05) is 0 Å². The van der Waals surface area contributed by atoms with E-state index in [0.717, 1.165) is 0 Å². The molecule has 0 aliphatic carbocycles. The first kappa shape index (κ1) is 22.5. The molecular formula is C19H44Si. The van der Waals surface area contributed by atoms with E-state index in [1.54, 1.807) is 0 Å². The van der Waals surface area contributed by atoms with E-state index in [1.165, 1.54) is 119 Å². The second kappa shape index (κ2) is 21.5. The fourth-order valence-corrected chi connectivity index (χ4v) is 3.30. The van der Waals surface area contributed by atoms with Crippen LogP contribution in [0.3, 0.4) is 0 Å². The molecule has 0 fully saturated rings. The molecule has 0 aliphatic heterocycles. The van der Waals surface area contributed by atoms with Gasteiger partial charge in [0.05, 0.1) is 0 Å². The maximum absolute atomic E-state index is 2.30. The van der Waals surface area contributed by atoms with Crippen molar-refractivity contribution in [1.82, 2.24) is 0 Å². The summed E-state index contributed by atoms with van der Waals surface area (Å²) >= 11 is 0. The van der Waals surface area contributed by atoms with Gasteiger partial charge in [-0.2, -0.15) is 0 Å². The van der Waals surface area contributed by atoms with Crippen LogP contribution in [0.4, 0.5) is 0 Å². The van der Waals surface area contributed by atoms with Gasteiger partial charge in [-0.3, -0.25) is 0 Å². The molecule has 0 aliphatic rings. The lowest BCUT2D eigenvalue weighted by molar-refractivity contribution is 0.531. The molecule has 0 atom stereocenters. The molecule has 0 amide bonds. The summed E-state index contributed by atoms with van der Waals surface area (Å²) in [5.41, 5.74) is 0. The van der Waals surface area contributed by atoms with Crippen molar-refractivity contribution in [3.8, 4) is 0 Å². The fraction of sp³-hybridized carbons (Fsp3) is 1.00. The van der Waals surface area contributed by atoms with Crippen LogP contribution in [-0.4, -0.2) is 10.2 Å². The highest BCUT2D eigenvalue weighted by molar-refractivity contribution is 6.08. The topological polar surface area (TPSA) is 0 Å². The lowest BCUT2D eigenvalue weighted by Gasteiger charge is -2.03. The van der Waals surface area contributed by atoms with Crippen molar-refractivity contribution in [2.45, 2.75) is 123 Å². The molecule has 0 nitrogen and oxygen atoms in total. The van der Waals surface area contributed by atoms with E-state index < -0.39 is 0 Å². The van der Waals surface area contributed by atoms with Gasteiger partial charge in [-0.25, -0.2) is 0 Å². The van der Waals surface area contributed by atoms with Crippen LogP contribution in [0.15, 0.2) is 0 Å². The first-order chi connectivity index (χ1) is 9.41. The summed E-state index contributed by atoms with van der Waals surface area (Å²) in [6.45, 7) is 2.30. The molecule has 0 aromatic rings. The predicted molar refractivity (Wildman–Crippen MR) is 101 cm³/mol. The van der Waals surface area contributed by atoms with Gasteiger partial charge in [0.15, 0.2) is 0 Å². The van der Waals surface area contributed by atoms with E-state index >= 15 is 0 Å². The summed E-state index contributed by atoms with van der Waals surface area (Å²) in [5, 5.41) is 0. The van der Waals surface area contributed by atoms with E-state index in [1.807, 2.05) is 0 Å². The van der Waals surface area contributed by atoms with E-state index in [4.69, 9.17) is 0 Å². The maximum atomic E-state index is 2.30. The summed E-state index contributed by atoms with van der Waals surface area (Å²) in [6, 6.07) is 1.51. The molecule has 0 saturated carbocycles. The molecule has 0 saturated heterocycles. The van der Waals surface area contributed by atoms with Crippen LogP contribution in [0, 0.1) is 0 Å². The molecule has 0 aromatic carbocycles. The zero-order valence-electron chi connectivity index (χ0n) is 14.0. The van der Waals surface area contributed by atoms with E-state index in [-0.39, 0.29) is 7.43 Å². The summed E-state index contributed by atoms with van der Waals surface area (Å²) in [7, 11) is 1.41. The third-order valence-corrected chi connectivity index (χ3v) is 4.91. The molecule has 0 bridgehead atoms. The van der Waals surface area contributed by atoms with Crippen LogP contribution >= 0.6 is 0 Å². The third kappa shape index (κ3) is 20.5. The average molecular weight is 301 g/mol. The Kier molecular flexibility index (Phi) is 24.2. The number of hydrogen-bond donors (Lipinski definition) is 0. The van der Waals surface area contributed by atoms with Crippen LogP contribution in [-0.2, 0) is 0 Å². The van der Waals surface area contributed by atoms with Gasteiger partial charge in [0.1, 0.15) is 0 Å². The van der Waals surface area contributed by atoms with Crippen molar-refractivity contribution in [3.05, 3.63) is 0 Å². The Labute approximate surface area is 133 Å². The van der Waals surface area contributed by atoms with Crippen LogP contribution < -0.4 is 0 Å². The second-order valence-corrected chi connectivity index (χ2v) is 7.30. The summed E-state index contributed by atoms with van der Waals surface area (Å²) in [4.78, 5) is 0. The highest BCUT2D eigenvalue weighted by atomic mass is 28.1. The van der Waals surface area contributed by atoms with Crippen molar-refractivity contribution >= 4 is 10.2 Å². The number of rotatable bonds is 16. The molecule has 0 radical (unpaired) electrons. The second-order valence-electron chi connectivity index (χ2n) is 6.30. The lowest BCUT2D eigenvalue weighted by Crippen LogP contribution is -1.83. The Balaban J connectivity index is 0. The maximum Gasteiger partial charge on any atom is 0.00279 e. The Bertz CT molecular complexity index is 129. The first-order valence-corrected chi connectivity index (χ1v) is 10.8. The predicted octanol–water partition coefficient (Wildman–Crippen LogP) is 6.67. The van der Waals surface area contributed by atoms with E-state index in [0.29, 0.717) is 0 Å². The molecule has 0 unspecified atom stereocenters. The van der Waals surface area contributed by atoms with Gasteiger partial charge in [-0.05, 0) is 0 Å². The first-order valence-electron chi connectivity index (χ1n) is 9.41. The fourth-order valence-electron chi connectivity index (χ4n) is 2.80. The van der Waals surface area contributed by atoms with Crippen LogP contribution in [0.25, 0.3) is 0 Å². The van der Waals surface area contributed by atoms with Gasteiger partial charge in [0.2, 0.25) is 0 Å². The quantitative estimate of drug-likeness (QED) is 0.221. The molecule has 1 heteroatoms. The smallest absolute Gasteiger partial charge is 0.00279 e. The van der Waals surface area contributed by atoms with Gasteiger partial charge in [-0.15, -0.1) is 0 Å². The van der Waals surface area contributed by atoms with Crippen molar-refractivity contribution in [3.63, 3.8) is 0 Å². The molecule has 0 rings (SSSR count). The lowest BCUT2D eigenvalue weighted by atomic mass is 10.0. The van der Waals surface area contributed by atoms with Crippen molar-refractivity contribution in [1.29, 1.82) is 0 Å². The van der Waals surface area contributed by atoms with Gasteiger partial charge in [-0.1, -0.05) is 123 Å². The number of unbranched alkanes of at least 4 members (excludes halogenated alkanes) is 15. The molecule has 0 aromatic heterocycles. The minimum Gasteiger partial charge on any atom is -0.0776 e. The van der Waals surface area contributed by atoms with Crippen molar-refractivity contribution in [2.24, 2.45) is 0 Å². The normalized spacial score (nSPS) is 10.7. The van der Waals surface area contributed by atoms with Crippen LogP contribution in [0.2, 0.25) is 6.04 Å². The zero-order chi connectivity index (χ0) is 14.0. The van der Waals surface area contributed by atoms with Gasteiger partial charge >= 0.3 is 0 Å². The highest BCUT2D eigenvalue weighted by Gasteiger charge is 1.94. The molecule has 0 spiro atoms. The monoisotopic (exact) mass is 300 g/mol. The molecular weight excluding hydrogens is 256 g/mol. The minimum absolute atomic E-state index is 0. The van der Waals surface area contributed by atoms with Gasteiger partial charge < -0.3 is 0 Å². The average Bonchev–Trinajstić information content (AvgIpc) is 2.43. The molecule has 0 heterocycles. The SMILES string of the molecule is C.CCCCCCCCCCCCCCCCCC[SiH3].